The van der Waals surface area contributed by atoms with Gasteiger partial charge in [0.15, 0.2) is 0 Å². The molecule has 0 aromatic heterocycles. The predicted octanol–water partition coefficient (Wildman–Crippen LogP) is 8.53. The van der Waals surface area contributed by atoms with Crippen molar-refractivity contribution in [3.8, 4) is 0 Å². The molecule has 0 saturated carbocycles. The summed E-state index contributed by atoms with van der Waals surface area (Å²) in [4.78, 5) is 48.4. The number of carbonyl (C=O) groups excluding carboxylic acids is 2. The highest BCUT2D eigenvalue weighted by Gasteiger charge is 2.30. The van der Waals surface area contributed by atoms with Crippen molar-refractivity contribution in [1.29, 1.82) is 0 Å². The van der Waals surface area contributed by atoms with Crippen LogP contribution in [0.5, 0.6) is 0 Å². The summed E-state index contributed by atoms with van der Waals surface area (Å²) in [6, 6.07) is 3.40. The van der Waals surface area contributed by atoms with Gasteiger partial charge in [0.1, 0.15) is 0 Å². The van der Waals surface area contributed by atoms with Crippen molar-refractivity contribution in [2.24, 2.45) is 23.7 Å². The lowest BCUT2D eigenvalue weighted by Gasteiger charge is -2.24. The molecule has 0 heterocycles. The second-order valence-corrected chi connectivity index (χ2v) is 13.6. The van der Waals surface area contributed by atoms with Crippen LogP contribution in [0.2, 0.25) is 0 Å². The van der Waals surface area contributed by atoms with Gasteiger partial charge in [-0.1, -0.05) is 69.2 Å². The molecule has 8 nitrogen and oxygen atoms in total. The van der Waals surface area contributed by atoms with Crippen molar-refractivity contribution in [3.05, 3.63) is 67.8 Å². The van der Waals surface area contributed by atoms with Crippen molar-refractivity contribution in [1.82, 2.24) is 0 Å². The maximum atomic E-state index is 12.2. The fourth-order valence-corrected chi connectivity index (χ4v) is 5.35. The Morgan fingerprint density at radius 1 is 0.565 bits per heavy atom. The third-order valence-electron chi connectivity index (χ3n) is 7.48. The average Bonchev–Trinajstić information content (AvgIpc) is 2.95. The van der Waals surface area contributed by atoms with E-state index in [4.69, 9.17) is 9.47 Å². The normalized spacial score (nSPS) is 11.1. The van der Waals surface area contributed by atoms with Gasteiger partial charge in [-0.3, -0.25) is 0 Å². The fraction of sp³-hybridized carbons (Fsp3) is 0.579. The minimum Gasteiger partial charge on any atom is -0.478 e. The molecule has 0 fully saturated rings. The van der Waals surface area contributed by atoms with E-state index < -0.39 is 23.9 Å². The Kier molecular flexibility index (Phi) is 16.2. The highest BCUT2D eigenvalue weighted by molar-refractivity contribution is 6.05. The van der Waals surface area contributed by atoms with Gasteiger partial charge in [-0.15, -0.1) is 0 Å². The molecule has 8 heteroatoms. The summed E-state index contributed by atoms with van der Waals surface area (Å²) in [5.41, 5.74) is 5.92. The first-order chi connectivity index (χ1) is 21.4. The minimum absolute atomic E-state index is 0.000833. The van der Waals surface area contributed by atoms with E-state index in [9.17, 15) is 29.4 Å². The standard InChI is InChI=1S/C20H30O4.C18H26O4/c1-7-13-14(8-2)16(10-12(5)6)18(20(23)24)17(19(21)22)15(13)9-11(3)4;1-11(2)9-21-17(19)15-7-13(5)14(6)8-16(15)18(20)22-10-12(3)4/h11-12H,7-10H2,1-6H3,(H,21,22)(H,23,24);7-8,11-12H,9-10H2,1-6H3. The lowest BCUT2D eigenvalue weighted by atomic mass is 9.79. The number of hydrogen-bond donors (Lipinski definition) is 2. The van der Waals surface area contributed by atoms with E-state index >= 15 is 0 Å². The molecular weight excluding hydrogens is 584 g/mol. The minimum atomic E-state index is -1.13. The molecule has 2 rings (SSSR count). The molecule has 0 radical (unpaired) electrons. The molecule has 0 unspecified atom stereocenters. The summed E-state index contributed by atoms with van der Waals surface area (Å²) in [5.74, 6) is -2.22. The molecule has 2 N–H and O–H groups in total. The summed E-state index contributed by atoms with van der Waals surface area (Å²) >= 11 is 0. The van der Waals surface area contributed by atoms with Crippen molar-refractivity contribution >= 4 is 23.9 Å². The number of aryl methyl sites for hydroxylation is 2. The zero-order chi connectivity index (χ0) is 35.5. The van der Waals surface area contributed by atoms with Gasteiger partial charge >= 0.3 is 23.9 Å². The maximum absolute atomic E-state index is 12.2. The second-order valence-electron chi connectivity index (χ2n) is 13.6. The van der Waals surface area contributed by atoms with Crippen LogP contribution in [0.25, 0.3) is 0 Å². The Morgan fingerprint density at radius 3 is 1.09 bits per heavy atom. The molecule has 2 aromatic carbocycles. The SMILES string of the molecule is CCc1c(CC)c(CC(C)C)c(C(=O)O)c(C(=O)O)c1CC(C)C.Cc1cc(C(=O)OCC(C)C)c(C(=O)OCC(C)C)cc1C. The summed E-state index contributed by atoms with van der Waals surface area (Å²) < 4.78 is 10.5. The maximum Gasteiger partial charge on any atom is 0.339 e. The monoisotopic (exact) mass is 640 g/mol. The van der Waals surface area contributed by atoms with Gasteiger partial charge in [0, 0.05) is 0 Å². The number of carboxylic acids is 2. The Bertz CT molecular complexity index is 1280. The van der Waals surface area contributed by atoms with Gasteiger partial charge < -0.3 is 19.7 Å². The van der Waals surface area contributed by atoms with E-state index in [1.165, 1.54) is 0 Å². The van der Waals surface area contributed by atoms with Crippen LogP contribution in [0.4, 0.5) is 0 Å². The number of benzene rings is 2. The smallest absolute Gasteiger partial charge is 0.339 e. The van der Waals surface area contributed by atoms with Gasteiger partial charge in [0.2, 0.25) is 0 Å². The molecule has 0 spiro atoms. The highest BCUT2D eigenvalue weighted by atomic mass is 16.5. The number of esters is 2. The van der Waals surface area contributed by atoms with E-state index in [0.717, 1.165) is 35.1 Å². The van der Waals surface area contributed by atoms with Gasteiger partial charge in [0.05, 0.1) is 35.5 Å². The van der Waals surface area contributed by atoms with E-state index in [-0.39, 0.29) is 45.9 Å². The quantitative estimate of drug-likeness (QED) is 0.197. The Hall–Kier alpha value is -3.68. The number of carboxylic acid groups (broad SMARTS) is 2. The van der Waals surface area contributed by atoms with Crippen molar-refractivity contribution in [2.45, 2.75) is 109 Å². The molecular formula is C38H56O8. The van der Waals surface area contributed by atoms with E-state index in [2.05, 4.69) is 0 Å². The molecule has 46 heavy (non-hydrogen) atoms. The summed E-state index contributed by atoms with van der Waals surface area (Å²) in [6.45, 7) is 24.5. The molecule has 0 amide bonds. The second kappa shape index (κ2) is 18.5. The van der Waals surface area contributed by atoms with Crippen molar-refractivity contribution in [2.75, 3.05) is 13.2 Å². The summed E-state index contributed by atoms with van der Waals surface area (Å²) in [5, 5.41) is 19.6. The lowest BCUT2D eigenvalue weighted by Crippen LogP contribution is -2.21. The van der Waals surface area contributed by atoms with Gasteiger partial charge in [-0.2, -0.15) is 0 Å². The van der Waals surface area contributed by atoms with Crippen LogP contribution < -0.4 is 0 Å². The summed E-state index contributed by atoms with van der Waals surface area (Å²) in [7, 11) is 0. The molecule has 0 aliphatic carbocycles. The third-order valence-corrected chi connectivity index (χ3v) is 7.48. The highest BCUT2D eigenvalue weighted by Crippen LogP contribution is 2.33. The Balaban J connectivity index is 0.000000462. The van der Waals surface area contributed by atoms with Crippen LogP contribution in [0.15, 0.2) is 12.1 Å². The number of carbonyl (C=O) groups is 4. The van der Waals surface area contributed by atoms with E-state index in [1.807, 2.05) is 83.1 Å². The Labute approximate surface area is 275 Å². The topological polar surface area (TPSA) is 127 Å². The first kappa shape index (κ1) is 40.3. The van der Waals surface area contributed by atoms with Gasteiger partial charge in [-0.25, -0.2) is 19.2 Å². The van der Waals surface area contributed by atoms with E-state index in [0.29, 0.717) is 37.2 Å². The first-order valence-corrected chi connectivity index (χ1v) is 16.5. The molecule has 0 bridgehead atoms. The molecule has 0 saturated heterocycles. The third kappa shape index (κ3) is 11.3. The molecule has 0 aliphatic rings. The van der Waals surface area contributed by atoms with Crippen molar-refractivity contribution < 1.29 is 38.9 Å². The van der Waals surface area contributed by atoms with Crippen LogP contribution in [-0.2, 0) is 35.2 Å². The van der Waals surface area contributed by atoms with Crippen LogP contribution >= 0.6 is 0 Å². The van der Waals surface area contributed by atoms with Crippen LogP contribution in [-0.4, -0.2) is 47.3 Å². The van der Waals surface area contributed by atoms with Crippen molar-refractivity contribution in [3.63, 3.8) is 0 Å². The number of ether oxygens (including phenoxy) is 2. The Morgan fingerprint density at radius 2 is 0.870 bits per heavy atom. The molecule has 2 aromatic rings. The fourth-order valence-electron chi connectivity index (χ4n) is 5.35. The average molecular weight is 641 g/mol. The van der Waals surface area contributed by atoms with Crippen LogP contribution in [0.1, 0.15) is 144 Å². The predicted molar refractivity (Wildman–Crippen MR) is 182 cm³/mol. The number of aromatic carboxylic acids is 2. The summed E-state index contributed by atoms with van der Waals surface area (Å²) in [6.07, 6.45) is 2.60. The molecule has 0 atom stereocenters. The van der Waals surface area contributed by atoms with E-state index in [1.54, 1.807) is 12.1 Å². The first-order valence-electron chi connectivity index (χ1n) is 16.5. The number of rotatable bonds is 14. The zero-order valence-electron chi connectivity index (χ0n) is 30.1. The van der Waals surface area contributed by atoms with Crippen LogP contribution in [0, 0.1) is 37.5 Å². The number of hydrogen-bond acceptors (Lipinski definition) is 6. The lowest BCUT2D eigenvalue weighted by molar-refractivity contribution is 0.0412. The molecule has 0 aliphatic heterocycles. The largest absolute Gasteiger partial charge is 0.478 e. The van der Waals surface area contributed by atoms with Gasteiger partial charge in [0.25, 0.3) is 0 Å². The molecule has 256 valence electrons. The van der Waals surface area contributed by atoms with Gasteiger partial charge in [-0.05, 0) is 109 Å². The zero-order valence-corrected chi connectivity index (χ0v) is 30.1. The van der Waals surface area contributed by atoms with Crippen LogP contribution in [0.3, 0.4) is 0 Å².